The number of nitro benzene ring substituents is 1. The molecule has 0 radical (unpaired) electrons. The van der Waals surface area contributed by atoms with Crippen LogP contribution in [0, 0.1) is 17.0 Å². The Labute approximate surface area is 198 Å². The topological polar surface area (TPSA) is 132 Å². The molecule has 0 aliphatic rings. The summed E-state index contributed by atoms with van der Waals surface area (Å²) in [5.41, 5.74) is 1.51. The number of anilines is 1. The summed E-state index contributed by atoms with van der Waals surface area (Å²) in [5.74, 6) is -0.125. The highest BCUT2D eigenvalue weighted by atomic mass is 35.5. The minimum Gasteiger partial charge on any atom is -0.342 e. The van der Waals surface area contributed by atoms with Crippen molar-refractivity contribution in [2.24, 2.45) is 7.05 Å². The van der Waals surface area contributed by atoms with E-state index < -0.39 is 16.9 Å². The van der Waals surface area contributed by atoms with Gasteiger partial charge in [0.05, 0.1) is 27.4 Å². The van der Waals surface area contributed by atoms with Crippen LogP contribution in [0.3, 0.4) is 0 Å². The molecule has 1 aromatic heterocycles. The molecule has 0 unspecified atom stereocenters. The number of aromatic nitrogens is 3. The van der Waals surface area contributed by atoms with Gasteiger partial charge in [0.1, 0.15) is 0 Å². The molecule has 0 aliphatic heterocycles. The molecule has 0 saturated heterocycles. The lowest BCUT2D eigenvalue weighted by molar-refractivity contribution is -0.384. The third kappa shape index (κ3) is 6.08. The monoisotopic (exact) mass is 488 g/mol. The first-order chi connectivity index (χ1) is 15.7. The van der Waals surface area contributed by atoms with Crippen molar-refractivity contribution in [1.82, 2.24) is 20.1 Å². The summed E-state index contributed by atoms with van der Waals surface area (Å²) in [4.78, 5) is 35.2. The van der Waals surface area contributed by atoms with Crippen molar-refractivity contribution in [3.8, 4) is 0 Å². The molecule has 0 fully saturated rings. The van der Waals surface area contributed by atoms with Crippen molar-refractivity contribution in [1.29, 1.82) is 0 Å². The molecular formula is C21H21ClN6O4S. The molecule has 0 aliphatic carbocycles. The number of nitrogens with one attached hydrogen (secondary N) is 2. The van der Waals surface area contributed by atoms with Gasteiger partial charge >= 0.3 is 0 Å². The maximum Gasteiger partial charge on any atom is 0.271 e. The Morgan fingerprint density at radius 2 is 2.00 bits per heavy atom. The molecule has 2 amide bonds. The smallest absolute Gasteiger partial charge is 0.271 e. The van der Waals surface area contributed by atoms with E-state index in [1.165, 1.54) is 18.2 Å². The Bertz CT molecular complexity index is 1220. The van der Waals surface area contributed by atoms with Gasteiger partial charge in [-0.05, 0) is 32.0 Å². The van der Waals surface area contributed by atoms with Gasteiger partial charge in [-0.2, -0.15) is 0 Å². The fourth-order valence-corrected chi connectivity index (χ4v) is 3.88. The maximum atomic E-state index is 12.5. The standard InChI is InChI=1S/C21H21ClN6O4S/c1-12-5-4-6-14(9-12)20(30)23-13(2)19-25-26-21(27(19)3)33-11-18(29)24-17-10-15(28(31)32)7-8-16(17)22/h4-10,13H,11H2,1-3H3,(H,23,30)(H,24,29)/t13-/m0/s1. The highest BCUT2D eigenvalue weighted by molar-refractivity contribution is 7.99. The second-order valence-electron chi connectivity index (χ2n) is 7.22. The number of carbonyl (C=O) groups is 2. The van der Waals surface area contributed by atoms with Crippen LogP contribution in [-0.2, 0) is 11.8 Å². The number of carbonyl (C=O) groups excluding carboxylic acids is 2. The van der Waals surface area contributed by atoms with Crippen molar-refractivity contribution >= 4 is 46.6 Å². The fraction of sp³-hybridized carbons (Fsp3) is 0.238. The number of nitrogens with zero attached hydrogens (tertiary/aromatic N) is 4. The summed E-state index contributed by atoms with van der Waals surface area (Å²) in [6.07, 6.45) is 0. The van der Waals surface area contributed by atoms with E-state index in [0.29, 0.717) is 16.5 Å². The Kier molecular flexibility index (Phi) is 7.67. The van der Waals surface area contributed by atoms with Crippen LogP contribution in [0.4, 0.5) is 11.4 Å². The lowest BCUT2D eigenvalue weighted by Crippen LogP contribution is -2.28. The van der Waals surface area contributed by atoms with Gasteiger partial charge < -0.3 is 15.2 Å². The van der Waals surface area contributed by atoms with E-state index in [4.69, 9.17) is 11.6 Å². The third-order valence-electron chi connectivity index (χ3n) is 4.65. The molecule has 1 heterocycles. The first-order valence-corrected chi connectivity index (χ1v) is 11.2. The molecule has 2 aromatic carbocycles. The normalized spacial score (nSPS) is 11.6. The largest absolute Gasteiger partial charge is 0.342 e. The molecule has 172 valence electrons. The van der Waals surface area contributed by atoms with Gasteiger partial charge in [-0.15, -0.1) is 10.2 Å². The lowest BCUT2D eigenvalue weighted by atomic mass is 10.1. The summed E-state index contributed by atoms with van der Waals surface area (Å²) < 4.78 is 1.69. The molecular weight excluding hydrogens is 468 g/mol. The zero-order valence-electron chi connectivity index (χ0n) is 18.0. The zero-order chi connectivity index (χ0) is 24.1. The van der Waals surface area contributed by atoms with Crippen LogP contribution < -0.4 is 10.6 Å². The first kappa shape index (κ1) is 24.2. The van der Waals surface area contributed by atoms with Crippen molar-refractivity contribution in [2.45, 2.75) is 25.0 Å². The van der Waals surface area contributed by atoms with Crippen LogP contribution >= 0.6 is 23.4 Å². The Morgan fingerprint density at radius 1 is 1.24 bits per heavy atom. The molecule has 0 spiro atoms. The summed E-state index contributed by atoms with van der Waals surface area (Å²) >= 11 is 7.15. The second-order valence-corrected chi connectivity index (χ2v) is 8.57. The molecule has 10 nitrogen and oxygen atoms in total. The van der Waals surface area contributed by atoms with Crippen LogP contribution in [0.2, 0.25) is 5.02 Å². The predicted octanol–water partition coefficient (Wildman–Crippen LogP) is 3.91. The summed E-state index contributed by atoms with van der Waals surface area (Å²) in [6, 6.07) is 10.7. The van der Waals surface area contributed by atoms with Crippen LogP contribution in [0.25, 0.3) is 0 Å². The van der Waals surface area contributed by atoms with E-state index in [1.807, 2.05) is 19.1 Å². The van der Waals surface area contributed by atoms with Gasteiger partial charge in [0.25, 0.3) is 11.6 Å². The Hall–Kier alpha value is -3.44. The molecule has 33 heavy (non-hydrogen) atoms. The van der Waals surface area contributed by atoms with Crippen LogP contribution in [0.15, 0.2) is 47.6 Å². The van der Waals surface area contributed by atoms with Crippen molar-refractivity contribution in [3.05, 3.63) is 74.6 Å². The molecule has 1 atom stereocenters. The average molecular weight is 489 g/mol. The van der Waals surface area contributed by atoms with E-state index >= 15 is 0 Å². The number of benzene rings is 2. The zero-order valence-corrected chi connectivity index (χ0v) is 19.6. The van der Waals surface area contributed by atoms with Gasteiger partial charge in [0.15, 0.2) is 11.0 Å². The molecule has 12 heteroatoms. The summed E-state index contributed by atoms with van der Waals surface area (Å²) in [7, 11) is 1.74. The van der Waals surface area contributed by atoms with Gasteiger partial charge in [0.2, 0.25) is 5.91 Å². The Balaban J connectivity index is 1.60. The first-order valence-electron chi connectivity index (χ1n) is 9.79. The van der Waals surface area contributed by atoms with Crippen LogP contribution in [0.1, 0.15) is 34.7 Å². The van der Waals surface area contributed by atoms with Crippen LogP contribution in [0.5, 0.6) is 0 Å². The highest BCUT2D eigenvalue weighted by Crippen LogP contribution is 2.27. The molecule has 0 bridgehead atoms. The van der Waals surface area contributed by atoms with E-state index in [-0.39, 0.29) is 28.1 Å². The predicted molar refractivity (Wildman–Crippen MR) is 126 cm³/mol. The van der Waals surface area contributed by atoms with E-state index in [1.54, 1.807) is 30.7 Å². The molecule has 0 saturated carbocycles. The quantitative estimate of drug-likeness (QED) is 0.279. The van der Waals surface area contributed by atoms with Gasteiger partial charge in [-0.1, -0.05) is 41.1 Å². The van der Waals surface area contributed by atoms with Crippen molar-refractivity contribution < 1.29 is 14.5 Å². The maximum absolute atomic E-state index is 12.5. The number of aryl methyl sites for hydroxylation is 1. The van der Waals surface area contributed by atoms with E-state index in [0.717, 1.165) is 17.3 Å². The number of nitro groups is 1. The molecule has 2 N–H and O–H groups in total. The SMILES string of the molecule is Cc1cccc(C(=O)N[C@@H](C)c2nnc(SCC(=O)Nc3cc([N+](=O)[O-])ccc3Cl)n2C)c1. The van der Waals surface area contributed by atoms with Crippen molar-refractivity contribution in [2.75, 3.05) is 11.1 Å². The van der Waals surface area contributed by atoms with Gasteiger partial charge in [-0.25, -0.2) is 0 Å². The number of hydrogen-bond acceptors (Lipinski definition) is 7. The van der Waals surface area contributed by atoms with Gasteiger partial charge in [0, 0.05) is 24.7 Å². The van der Waals surface area contributed by atoms with E-state index in [2.05, 4.69) is 20.8 Å². The number of hydrogen-bond donors (Lipinski definition) is 2. The number of non-ortho nitro benzene ring substituents is 1. The number of rotatable bonds is 8. The summed E-state index contributed by atoms with van der Waals surface area (Å²) in [6.45, 7) is 3.71. The minimum atomic E-state index is -0.569. The Morgan fingerprint density at radius 3 is 2.70 bits per heavy atom. The average Bonchev–Trinajstić information content (AvgIpc) is 3.14. The number of halogens is 1. The lowest BCUT2D eigenvalue weighted by Gasteiger charge is -2.14. The minimum absolute atomic E-state index is 0.0188. The fourth-order valence-electron chi connectivity index (χ4n) is 3.00. The number of amides is 2. The summed E-state index contributed by atoms with van der Waals surface area (Å²) in [5, 5.41) is 25.3. The number of thioether (sulfide) groups is 1. The van der Waals surface area contributed by atoms with Gasteiger partial charge in [-0.3, -0.25) is 19.7 Å². The van der Waals surface area contributed by atoms with E-state index in [9.17, 15) is 19.7 Å². The second kappa shape index (κ2) is 10.5. The molecule has 3 rings (SSSR count). The molecule has 3 aromatic rings. The van der Waals surface area contributed by atoms with Crippen LogP contribution in [-0.4, -0.2) is 37.3 Å². The van der Waals surface area contributed by atoms with Crippen molar-refractivity contribution in [3.63, 3.8) is 0 Å². The highest BCUT2D eigenvalue weighted by Gasteiger charge is 2.19. The third-order valence-corrected chi connectivity index (χ3v) is 6.00.